The zero-order valence-electron chi connectivity index (χ0n) is 13.5. The molecule has 0 aliphatic heterocycles. The summed E-state index contributed by atoms with van der Waals surface area (Å²) in [5, 5.41) is 5.09. The molecule has 2 heterocycles. The Labute approximate surface area is 143 Å². The zero-order valence-corrected chi connectivity index (χ0v) is 14.2. The first-order chi connectivity index (χ1) is 11.6. The first kappa shape index (κ1) is 16.5. The summed E-state index contributed by atoms with van der Waals surface area (Å²) in [6.45, 7) is 4.03. The van der Waals surface area contributed by atoms with Gasteiger partial charge in [0.25, 0.3) is 5.89 Å². The number of aryl methyl sites for hydroxylation is 2. The molecule has 0 N–H and O–H groups in total. The monoisotopic (exact) mass is 348 g/mol. The van der Waals surface area contributed by atoms with Crippen molar-refractivity contribution < 1.29 is 13.7 Å². The maximum atomic E-state index is 11.5. The van der Waals surface area contributed by atoms with Gasteiger partial charge in [-0.3, -0.25) is 0 Å². The molecule has 0 atom stereocenters. The Hall–Kier alpha value is -2.34. The number of aromatic nitrogens is 2. The Morgan fingerprint density at radius 3 is 2.92 bits per heavy atom. The van der Waals surface area contributed by atoms with Crippen LogP contribution >= 0.6 is 11.6 Å². The van der Waals surface area contributed by atoms with Crippen molar-refractivity contribution in [2.45, 2.75) is 39.7 Å². The van der Waals surface area contributed by atoms with Crippen molar-refractivity contribution in [3.63, 3.8) is 0 Å². The van der Waals surface area contributed by atoms with Gasteiger partial charge in [0.2, 0.25) is 0 Å². The Bertz CT molecular complexity index is 917. The standard InChI is InChI=1S/C17H17ClN2O4/c1-3-4-5-15-19-16(24-20-15)9-22-14-8-13-11(7-12(14)18)10(2)6-17(21)23-13/h6-8H,3-5,9H2,1-2H3. The van der Waals surface area contributed by atoms with Gasteiger partial charge in [0.15, 0.2) is 12.4 Å². The first-order valence-corrected chi connectivity index (χ1v) is 8.13. The third-order valence-corrected chi connectivity index (χ3v) is 3.91. The fraction of sp³-hybridized carbons (Fsp3) is 0.353. The van der Waals surface area contributed by atoms with E-state index >= 15 is 0 Å². The summed E-state index contributed by atoms with van der Waals surface area (Å²) in [7, 11) is 0. The zero-order chi connectivity index (χ0) is 17.1. The van der Waals surface area contributed by atoms with Crippen LogP contribution in [0.5, 0.6) is 5.75 Å². The number of fused-ring (bicyclic) bond motifs is 1. The number of halogens is 1. The summed E-state index contributed by atoms with van der Waals surface area (Å²) in [4.78, 5) is 15.8. The lowest BCUT2D eigenvalue weighted by molar-refractivity contribution is 0.242. The summed E-state index contributed by atoms with van der Waals surface area (Å²) >= 11 is 6.24. The van der Waals surface area contributed by atoms with E-state index in [1.54, 1.807) is 12.1 Å². The molecule has 24 heavy (non-hydrogen) atoms. The highest BCUT2D eigenvalue weighted by molar-refractivity contribution is 6.32. The van der Waals surface area contributed by atoms with Crippen LogP contribution in [0.15, 0.2) is 31.9 Å². The van der Waals surface area contributed by atoms with Crippen molar-refractivity contribution in [1.82, 2.24) is 10.1 Å². The lowest BCUT2D eigenvalue weighted by Gasteiger charge is -2.08. The molecule has 7 heteroatoms. The minimum absolute atomic E-state index is 0.0976. The topological polar surface area (TPSA) is 78.4 Å². The second-order valence-electron chi connectivity index (χ2n) is 5.52. The quantitative estimate of drug-likeness (QED) is 0.625. The van der Waals surface area contributed by atoms with Crippen LogP contribution in [0.2, 0.25) is 5.02 Å². The Morgan fingerprint density at radius 1 is 1.29 bits per heavy atom. The summed E-state index contributed by atoms with van der Waals surface area (Å²) in [5.74, 6) is 1.44. The number of ether oxygens (including phenoxy) is 1. The predicted octanol–water partition coefficient (Wildman–Crippen LogP) is 4.06. The molecule has 0 radical (unpaired) electrons. The number of hydrogen-bond acceptors (Lipinski definition) is 6. The molecule has 0 aliphatic rings. The highest BCUT2D eigenvalue weighted by Gasteiger charge is 2.12. The van der Waals surface area contributed by atoms with Crippen molar-refractivity contribution in [3.8, 4) is 5.75 Å². The molecule has 3 rings (SSSR count). The van der Waals surface area contributed by atoms with Gasteiger partial charge in [0.1, 0.15) is 11.3 Å². The second kappa shape index (κ2) is 7.05. The van der Waals surface area contributed by atoms with Crippen LogP contribution in [0, 0.1) is 6.92 Å². The third kappa shape index (κ3) is 3.59. The number of hydrogen-bond donors (Lipinski definition) is 0. The SMILES string of the molecule is CCCCc1noc(COc2cc3oc(=O)cc(C)c3cc2Cl)n1. The largest absolute Gasteiger partial charge is 0.482 e. The lowest BCUT2D eigenvalue weighted by atomic mass is 10.1. The minimum atomic E-state index is -0.411. The maximum Gasteiger partial charge on any atom is 0.336 e. The molecule has 0 unspecified atom stereocenters. The van der Waals surface area contributed by atoms with Crippen molar-refractivity contribution in [2.75, 3.05) is 0 Å². The van der Waals surface area contributed by atoms with Gasteiger partial charge in [0.05, 0.1) is 5.02 Å². The smallest absolute Gasteiger partial charge is 0.336 e. The second-order valence-corrected chi connectivity index (χ2v) is 5.93. The predicted molar refractivity (Wildman–Crippen MR) is 89.5 cm³/mol. The van der Waals surface area contributed by atoms with Crippen molar-refractivity contribution in [1.29, 1.82) is 0 Å². The summed E-state index contributed by atoms with van der Waals surface area (Å²) in [6.07, 6.45) is 2.85. The number of nitrogens with zero attached hydrogens (tertiary/aromatic N) is 2. The van der Waals surface area contributed by atoms with Gasteiger partial charge in [0, 0.05) is 23.9 Å². The van der Waals surface area contributed by atoms with Gasteiger partial charge in [-0.05, 0) is 25.0 Å². The maximum absolute atomic E-state index is 11.5. The van der Waals surface area contributed by atoms with E-state index in [4.69, 9.17) is 25.3 Å². The molecule has 0 fully saturated rings. The molecule has 0 saturated carbocycles. The van der Waals surface area contributed by atoms with Gasteiger partial charge in [-0.1, -0.05) is 30.1 Å². The average molecular weight is 349 g/mol. The van der Waals surface area contributed by atoms with Gasteiger partial charge >= 0.3 is 5.63 Å². The van der Waals surface area contributed by atoms with Crippen LogP contribution in [-0.2, 0) is 13.0 Å². The minimum Gasteiger partial charge on any atom is -0.482 e. The fourth-order valence-corrected chi connectivity index (χ4v) is 2.57. The Balaban J connectivity index is 1.78. The summed E-state index contributed by atoms with van der Waals surface area (Å²) in [5.41, 5.74) is 0.812. The van der Waals surface area contributed by atoms with Gasteiger partial charge < -0.3 is 13.7 Å². The van der Waals surface area contributed by atoms with Crippen LogP contribution < -0.4 is 10.4 Å². The van der Waals surface area contributed by atoms with E-state index in [-0.39, 0.29) is 6.61 Å². The molecule has 0 aliphatic carbocycles. The molecule has 6 nitrogen and oxygen atoms in total. The van der Waals surface area contributed by atoms with E-state index in [0.717, 1.165) is 30.2 Å². The van der Waals surface area contributed by atoms with Gasteiger partial charge in [-0.15, -0.1) is 0 Å². The average Bonchev–Trinajstić information content (AvgIpc) is 2.99. The normalized spacial score (nSPS) is 11.1. The fourth-order valence-electron chi connectivity index (χ4n) is 2.36. The van der Waals surface area contributed by atoms with Gasteiger partial charge in [-0.2, -0.15) is 4.98 Å². The number of unbranched alkanes of at least 4 members (excludes halogenated alkanes) is 1. The van der Waals surface area contributed by atoms with E-state index < -0.39 is 5.63 Å². The Morgan fingerprint density at radius 2 is 2.12 bits per heavy atom. The molecule has 2 aromatic heterocycles. The molecule has 0 spiro atoms. The van der Waals surface area contributed by atoms with E-state index in [1.807, 2.05) is 6.92 Å². The van der Waals surface area contributed by atoms with Crippen molar-refractivity contribution in [3.05, 3.63) is 50.9 Å². The van der Waals surface area contributed by atoms with E-state index in [9.17, 15) is 4.79 Å². The van der Waals surface area contributed by atoms with Gasteiger partial charge in [-0.25, -0.2) is 4.79 Å². The molecular weight excluding hydrogens is 332 g/mol. The molecule has 0 bridgehead atoms. The molecule has 0 amide bonds. The Kier molecular flexibility index (Phi) is 4.85. The van der Waals surface area contributed by atoms with Crippen LogP contribution in [0.3, 0.4) is 0 Å². The van der Waals surface area contributed by atoms with Crippen molar-refractivity contribution in [2.24, 2.45) is 0 Å². The molecule has 126 valence electrons. The van der Waals surface area contributed by atoms with E-state index in [1.165, 1.54) is 6.07 Å². The highest BCUT2D eigenvalue weighted by Crippen LogP contribution is 2.31. The third-order valence-electron chi connectivity index (χ3n) is 3.62. The summed E-state index contributed by atoms with van der Waals surface area (Å²) < 4.78 is 16.0. The van der Waals surface area contributed by atoms with Crippen LogP contribution in [0.4, 0.5) is 0 Å². The highest BCUT2D eigenvalue weighted by atomic mass is 35.5. The molecular formula is C17H17ClN2O4. The van der Waals surface area contributed by atoms with Crippen LogP contribution in [0.25, 0.3) is 11.0 Å². The summed E-state index contributed by atoms with van der Waals surface area (Å²) in [6, 6.07) is 4.74. The first-order valence-electron chi connectivity index (χ1n) is 7.75. The van der Waals surface area contributed by atoms with E-state index in [0.29, 0.717) is 28.1 Å². The lowest BCUT2D eigenvalue weighted by Crippen LogP contribution is -2.00. The number of benzene rings is 1. The number of rotatable bonds is 6. The van der Waals surface area contributed by atoms with Crippen LogP contribution in [-0.4, -0.2) is 10.1 Å². The van der Waals surface area contributed by atoms with Crippen molar-refractivity contribution >= 4 is 22.6 Å². The van der Waals surface area contributed by atoms with Crippen LogP contribution in [0.1, 0.15) is 37.0 Å². The van der Waals surface area contributed by atoms with E-state index in [2.05, 4.69) is 17.1 Å². The molecule has 3 aromatic rings. The molecule has 1 aromatic carbocycles. The molecule has 0 saturated heterocycles.